The first-order chi connectivity index (χ1) is 9.65. The molecule has 0 amide bonds. The first kappa shape index (κ1) is 13.6. The van der Waals surface area contributed by atoms with Crippen LogP contribution >= 0.6 is 11.3 Å². The third-order valence-corrected chi connectivity index (χ3v) is 4.95. The fraction of sp³-hybridized carbons (Fsp3) is 0.600. The average molecular weight is 291 g/mol. The molecule has 0 saturated heterocycles. The van der Waals surface area contributed by atoms with E-state index in [1.807, 2.05) is 0 Å². The van der Waals surface area contributed by atoms with Gasteiger partial charge in [0, 0.05) is 11.3 Å². The molecule has 2 aromatic heterocycles. The summed E-state index contributed by atoms with van der Waals surface area (Å²) >= 11 is 1.69. The number of hydrogen-bond donors (Lipinski definition) is 1. The van der Waals surface area contributed by atoms with Crippen LogP contribution in [0.4, 0.5) is 5.00 Å². The summed E-state index contributed by atoms with van der Waals surface area (Å²) in [5, 5.41) is 4.93. The molecule has 0 fully saturated rings. The van der Waals surface area contributed by atoms with Crippen molar-refractivity contribution in [1.82, 2.24) is 10.1 Å². The minimum atomic E-state index is 0.612. The van der Waals surface area contributed by atoms with Crippen molar-refractivity contribution < 1.29 is 4.52 Å². The second kappa shape index (κ2) is 5.56. The molecule has 2 aromatic rings. The molecular formula is C15H21N3OS. The highest BCUT2D eigenvalue weighted by Crippen LogP contribution is 2.41. The molecule has 0 atom stereocenters. The summed E-state index contributed by atoms with van der Waals surface area (Å²) in [6, 6.07) is 0. The van der Waals surface area contributed by atoms with Gasteiger partial charge in [-0.1, -0.05) is 19.0 Å². The standard InChI is InChI=1S/C15H21N3OS/c1-9(2)7-8-12-17-15(19-18-12)13-10-5-3-4-6-11(10)20-14(13)16/h9H,3-8,16H2,1-2H3. The van der Waals surface area contributed by atoms with E-state index >= 15 is 0 Å². The lowest BCUT2D eigenvalue weighted by Crippen LogP contribution is -2.00. The molecule has 0 spiro atoms. The smallest absolute Gasteiger partial charge is 0.261 e. The average Bonchev–Trinajstić information content (AvgIpc) is 2.99. The lowest BCUT2D eigenvalue weighted by atomic mass is 9.95. The third-order valence-electron chi connectivity index (χ3n) is 3.83. The number of nitrogen functional groups attached to an aromatic ring is 1. The molecule has 108 valence electrons. The maximum Gasteiger partial charge on any atom is 0.261 e. The molecule has 4 nitrogen and oxygen atoms in total. The Morgan fingerprint density at radius 2 is 2.10 bits per heavy atom. The van der Waals surface area contributed by atoms with Crippen LogP contribution in [0.1, 0.15) is 49.4 Å². The van der Waals surface area contributed by atoms with Gasteiger partial charge in [0.15, 0.2) is 5.82 Å². The molecule has 20 heavy (non-hydrogen) atoms. The van der Waals surface area contributed by atoms with Gasteiger partial charge in [-0.05, 0) is 43.6 Å². The predicted octanol–water partition coefficient (Wildman–Crippen LogP) is 3.85. The van der Waals surface area contributed by atoms with Gasteiger partial charge in [0.25, 0.3) is 5.89 Å². The quantitative estimate of drug-likeness (QED) is 0.929. The zero-order valence-corrected chi connectivity index (χ0v) is 12.9. The first-order valence-corrected chi connectivity index (χ1v) is 8.19. The third kappa shape index (κ3) is 2.59. The van der Waals surface area contributed by atoms with E-state index in [4.69, 9.17) is 10.3 Å². The number of thiophene rings is 1. The second-order valence-electron chi connectivity index (χ2n) is 5.90. The zero-order valence-electron chi connectivity index (χ0n) is 12.1. The molecule has 5 heteroatoms. The summed E-state index contributed by atoms with van der Waals surface area (Å²) in [7, 11) is 0. The summed E-state index contributed by atoms with van der Waals surface area (Å²) in [5.41, 5.74) is 8.53. The minimum Gasteiger partial charge on any atom is -0.390 e. The van der Waals surface area contributed by atoms with Crippen molar-refractivity contribution in [3.05, 3.63) is 16.3 Å². The SMILES string of the molecule is CC(C)CCc1noc(-c2c(N)sc3c2CCCC3)n1. The number of fused-ring (bicyclic) bond motifs is 1. The lowest BCUT2D eigenvalue weighted by Gasteiger charge is -2.10. The molecule has 0 aliphatic heterocycles. The summed E-state index contributed by atoms with van der Waals surface area (Å²) in [6.45, 7) is 4.41. The van der Waals surface area contributed by atoms with E-state index in [9.17, 15) is 0 Å². The summed E-state index contributed by atoms with van der Waals surface area (Å²) in [4.78, 5) is 5.95. The van der Waals surface area contributed by atoms with Crippen molar-refractivity contribution >= 4 is 16.3 Å². The van der Waals surface area contributed by atoms with Gasteiger partial charge in [-0.3, -0.25) is 0 Å². The van der Waals surface area contributed by atoms with E-state index in [0.717, 1.165) is 42.1 Å². The van der Waals surface area contributed by atoms with Crippen LogP contribution in [-0.2, 0) is 19.3 Å². The van der Waals surface area contributed by atoms with E-state index in [1.54, 1.807) is 11.3 Å². The summed E-state index contributed by atoms with van der Waals surface area (Å²) in [5.74, 6) is 2.06. The van der Waals surface area contributed by atoms with E-state index in [2.05, 4.69) is 24.0 Å². The Morgan fingerprint density at radius 3 is 2.90 bits per heavy atom. The summed E-state index contributed by atoms with van der Waals surface area (Å²) < 4.78 is 5.45. The number of rotatable bonds is 4. The van der Waals surface area contributed by atoms with Crippen molar-refractivity contribution in [3.63, 3.8) is 0 Å². The van der Waals surface area contributed by atoms with Crippen LogP contribution in [0.3, 0.4) is 0 Å². The molecule has 1 aliphatic rings. The highest BCUT2D eigenvalue weighted by Gasteiger charge is 2.24. The van der Waals surface area contributed by atoms with Gasteiger partial charge in [0.05, 0.1) is 10.6 Å². The van der Waals surface area contributed by atoms with Crippen molar-refractivity contribution in [1.29, 1.82) is 0 Å². The Morgan fingerprint density at radius 1 is 1.30 bits per heavy atom. The molecule has 0 saturated carbocycles. The van der Waals surface area contributed by atoms with Crippen LogP contribution in [0.25, 0.3) is 11.5 Å². The molecule has 0 unspecified atom stereocenters. The van der Waals surface area contributed by atoms with Gasteiger partial charge in [-0.25, -0.2) is 0 Å². The maximum atomic E-state index is 6.18. The molecule has 0 aromatic carbocycles. The predicted molar refractivity (Wildman–Crippen MR) is 81.8 cm³/mol. The molecule has 0 bridgehead atoms. The van der Waals surface area contributed by atoms with Crippen molar-refractivity contribution in [2.45, 2.75) is 52.4 Å². The van der Waals surface area contributed by atoms with E-state index in [0.29, 0.717) is 11.8 Å². The van der Waals surface area contributed by atoms with Crippen LogP contribution in [-0.4, -0.2) is 10.1 Å². The maximum absolute atomic E-state index is 6.18. The topological polar surface area (TPSA) is 64.9 Å². The van der Waals surface area contributed by atoms with Crippen LogP contribution < -0.4 is 5.73 Å². The van der Waals surface area contributed by atoms with Gasteiger partial charge >= 0.3 is 0 Å². The van der Waals surface area contributed by atoms with Crippen LogP contribution in [0.2, 0.25) is 0 Å². The van der Waals surface area contributed by atoms with Crippen LogP contribution in [0.15, 0.2) is 4.52 Å². The van der Waals surface area contributed by atoms with E-state index in [-0.39, 0.29) is 0 Å². The Labute approximate surface area is 123 Å². The number of nitrogens with two attached hydrogens (primary N) is 1. The molecule has 0 radical (unpaired) electrons. The largest absolute Gasteiger partial charge is 0.390 e. The number of anilines is 1. The number of nitrogens with zero attached hydrogens (tertiary/aromatic N) is 2. The highest BCUT2D eigenvalue weighted by molar-refractivity contribution is 7.16. The lowest BCUT2D eigenvalue weighted by molar-refractivity contribution is 0.419. The van der Waals surface area contributed by atoms with Crippen LogP contribution in [0, 0.1) is 5.92 Å². The molecule has 2 N–H and O–H groups in total. The first-order valence-electron chi connectivity index (χ1n) is 7.38. The monoisotopic (exact) mass is 291 g/mol. The van der Waals surface area contributed by atoms with Crippen LogP contribution in [0.5, 0.6) is 0 Å². The second-order valence-corrected chi connectivity index (χ2v) is 7.04. The van der Waals surface area contributed by atoms with Crippen molar-refractivity contribution in [3.8, 4) is 11.5 Å². The Hall–Kier alpha value is -1.36. The van der Waals surface area contributed by atoms with Crippen molar-refractivity contribution in [2.24, 2.45) is 5.92 Å². The number of aryl methyl sites for hydroxylation is 2. The van der Waals surface area contributed by atoms with E-state index in [1.165, 1.54) is 23.3 Å². The fourth-order valence-electron chi connectivity index (χ4n) is 2.70. The normalized spacial score (nSPS) is 14.8. The van der Waals surface area contributed by atoms with Gasteiger partial charge in [0.2, 0.25) is 0 Å². The van der Waals surface area contributed by atoms with E-state index < -0.39 is 0 Å². The highest BCUT2D eigenvalue weighted by atomic mass is 32.1. The summed E-state index contributed by atoms with van der Waals surface area (Å²) in [6.07, 6.45) is 6.66. The Bertz CT molecular complexity index is 600. The van der Waals surface area contributed by atoms with Gasteiger partial charge in [-0.2, -0.15) is 4.98 Å². The molecule has 1 aliphatic carbocycles. The zero-order chi connectivity index (χ0) is 14.1. The van der Waals surface area contributed by atoms with Gasteiger partial charge in [-0.15, -0.1) is 11.3 Å². The minimum absolute atomic E-state index is 0.612. The molecule has 3 rings (SSSR count). The molecule has 2 heterocycles. The number of hydrogen-bond acceptors (Lipinski definition) is 5. The Kier molecular flexibility index (Phi) is 3.78. The van der Waals surface area contributed by atoms with Crippen molar-refractivity contribution in [2.75, 3.05) is 5.73 Å². The van der Waals surface area contributed by atoms with Gasteiger partial charge in [0.1, 0.15) is 0 Å². The Balaban J connectivity index is 1.88. The molecular weight excluding hydrogens is 270 g/mol. The fourth-order valence-corrected chi connectivity index (χ4v) is 3.85. The number of aromatic nitrogens is 2. The van der Waals surface area contributed by atoms with Gasteiger partial charge < -0.3 is 10.3 Å².